The zero-order valence-electron chi connectivity index (χ0n) is 3.68. The monoisotopic (exact) mass is 104 g/mol. The van der Waals surface area contributed by atoms with Gasteiger partial charge >= 0.3 is 0 Å². The molecule has 0 saturated heterocycles. The first-order valence-corrected chi connectivity index (χ1v) is 2.18. The third kappa shape index (κ3) is 2.30. The minimum atomic E-state index is -0.648. The molecule has 1 nitrogen and oxygen atoms in total. The molecule has 6 heavy (non-hydrogen) atoms. The van der Waals surface area contributed by atoms with Crippen LogP contribution in [0.4, 0.5) is 0 Å². The number of hydrogen-bond acceptors (Lipinski definition) is 2. The maximum Gasteiger partial charge on any atom is 0.117 e. The minimum Gasteiger partial charge on any atom is -0.379 e. The third-order valence-corrected chi connectivity index (χ3v) is 0.882. The van der Waals surface area contributed by atoms with Crippen LogP contribution < -0.4 is 0 Å². The van der Waals surface area contributed by atoms with Crippen LogP contribution in [0.25, 0.3) is 0 Å². The number of thiol groups is 1. The minimum absolute atomic E-state index is 0.648. The molecule has 0 aliphatic rings. The highest BCUT2D eigenvalue weighted by atomic mass is 32.1. The van der Waals surface area contributed by atoms with Gasteiger partial charge in [-0.25, -0.2) is 0 Å². The molecule has 0 heterocycles. The molecule has 0 spiro atoms. The summed E-state index contributed by atoms with van der Waals surface area (Å²) < 4.78 is 0. The SMILES string of the molecule is C=C(C)C(O)S. The molecule has 1 atom stereocenters. The average Bonchev–Trinajstić information content (AvgIpc) is 1.36. The second-order valence-corrected chi connectivity index (χ2v) is 1.71. The second kappa shape index (κ2) is 2.26. The van der Waals surface area contributed by atoms with Crippen LogP contribution in [0, 0.1) is 0 Å². The summed E-state index contributed by atoms with van der Waals surface area (Å²) in [7, 11) is 0. The molecule has 36 valence electrons. The van der Waals surface area contributed by atoms with Gasteiger partial charge in [-0.15, -0.1) is 12.6 Å². The molecule has 2 heteroatoms. The van der Waals surface area contributed by atoms with Gasteiger partial charge in [-0.3, -0.25) is 0 Å². The van der Waals surface area contributed by atoms with Crippen LogP contribution in [-0.2, 0) is 0 Å². The number of aliphatic hydroxyl groups is 1. The van der Waals surface area contributed by atoms with Crippen molar-refractivity contribution in [1.82, 2.24) is 0 Å². The van der Waals surface area contributed by atoms with E-state index in [1.165, 1.54) is 0 Å². The Labute approximate surface area is 43.1 Å². The van der Waals surface area contributed by atoms with E-state index in [0.717, 1.165) is 0 Å². The fourth-order valence-electron chi connectivity index (χ4n) is 0. The molecule has 0 aliphatic heterocycles. The fourth-order valence-corrected chi connectivity index (χ4v) is 0. The van der Waals surface area contributed by atoms with Gasteiger partial charge in [0.05, 0.1) is 0 Å². The number of rotatable bonds is 1. The summed E-state index contributed by atoms with van der Waals surface area (Å²) in [5, 5.41) is 8.39. The first kappa shape index (κ1) is 6.05. The molecule has 1 N–H and O–H groups in total. The van der Waals surface area contributed by atoms with Gasteiger partial charge in [0.1, 0.15) is 5.44 Å². The van der Waals surface area contributed by atoms with Gasteiger partial charge in [-0.05, 0) is 12.5 Å². The molecule has 0 aromatic heterocycles. The Kier molecular flexibility index (Phi) is 2.28. The average molecular weight is 104 g/mol. The van der Waals surface area contributed by atoms with Crippen molar-refractivity contribution in [3.05, 3.63) is 12.2 Å². The zero-order chi connectivity index (χ0) is 5.15. The third-order valence-electron chi connectivity index (χ3n) is 0.441. The maximum absolute atomic E-state index is 8.39. The molecular weight excluding hydrogens is 96.1 g/mol. The second-order valence-electron chi connectivity index (χ2n) is 1.22. The lowest BCUT2D eigenvalue weighted by molar-refractivity contribution is 0.300. The summed E-state index contributed by atoms with van der Waals surface area (Å²) >= 11 is 3.65. The van der Waals surface area contributed by atoms with E-state index in [2.05, 4.69) is 19.2 Å². The highest BCUT2D eigenvalue weighted by Crippen LogP contribution is 1.98. The summed E-state index contributed by atoms with van der Waals surface area (Å²) in [4.78, 5) is 0. The highest BCUT2D eigenvalue weighted by molar-refractivity contribution is 7.80. The van der Waals surface area contributed by atoms with Crippen molar-refractivity contribution in [2.45, 2.75) is 12.4 Å². The molecule has 0 aromatic rings. The van der Waals surface area contributed by atoms with Crippen LogP contribution in [0.1, 0.15) is 6.92 Å². The van der Waals surface area contributed by atoms with Crippen LogP contribution in [0.2, 0.25) is 0 Å². The van der Waals surface area contributed by atoms with E-state index in [9.17, 15) is 0 Å². The van der Waals surface area contributed by atoms with Gasteiger partial charge in [0, 0.05) is 0 Å². The molecule has 0 rings (SSSR count). The largest absolute Gasteiger partial charge is 0.379 e. The lowest BCUT2D eigenvalue weighted by atomic mass is 10.4. The van der Waals surface area contributed by atoms with Gasteiger partial charge in [0.25, 0.3) is 0 Å². The Morgan fingerprint density at radius 3 is 2.17 bits per heavy atom. The van der Waals surface area contributed by atoms with Crippen LogP contribution in [0.3, 0.4) is 0 Å². The van der Waals surface area contributed by atoms with Crippen LogP contribution in [-0.4, -0.2) is 10.5 Å². The highest BCUT2D eigenvalue weighted by Gasteiger charge is 1.90. The molecule has 0 radical (unpaired) electrons. The van der Waals surface area contributed by atoms with Crippen molar-refractivity contribution in [2.24, 2.45) is 0 Å². The van der Waals surface area contributed by atoms with Gasteiger partial charge in [0.15, 0.2) is 0 Å². The van der Waals surface area contributed by atoms with Crippen molar-refractivity contribution in [2.75, 3.05) is 0 Å². The smallest absolute Gasteiger partial charge is 0.117 e. The lowest BCUT2D eigenvalue weighted by Gasteiger charge is -1.96. The van der Waals surface area contributed by atoms with Gasteiger partial charge in [-0.2, -0.15) is 0 Å². The number of aliphatic hydroxyl groups excluding tert-OH is 1. The Hall–Kier alpha value is 0.0500. The molecule has 0 amide bonds. The first-order chi connectivity index (χ1) is 2.64. The predicted octanol–water partition coefficient (Wildman–Crippen LogP) is 0.811. The fraction of sp³-hybridized carbons (Fsp3) is 0.500. The molecule has 0 aliphatic carbocycles. The zero-order valence-corrected chi connectivity index (χ0v) is 4.57. The first-order valence-electron chi connectivity index (χ1n) is 1.66. The summed E-state index contributed by atoms with van der Waals surface area (Å²) in [6.07, 6.45) is 0. The quantitative estimate of drug-likeness (QED) is 0.286. The summed E-state index contributed by atoms with van der Waals surface area (Å²) in [6.45, 7) is 5.15. The normalized spacial score (nSPS) is 13.8. The summed E-state index contributed by atoms with van der Waals surface area (Å²) in [5.74, 6) is 0. The van der Waals surface area contributed by atoms with Gasteiger partial charge < -0.3 is 5.11 Å². The van der Waals surface area contributed by atoms with E-state index >= 15 is 0 Å². The van der Waals surface area contributed by atoms with Crippen molar-refractivity contribution in [3.8, 4) is 0 Å². The van der Waals surface area contributed by atoms with Crippen molar-refractivity contribution >= 4 is 12.6 Å². The van der Waals surface area contributed by atoms with E-state index in [0.29, 0.717) is 5.57 Å². The molecule has 0 bridgehead atoms. The van der Waals surface area contributed by atoms with E-state index < -0.39 is 5.44 Å². The van der Waals surface area contributed by atoms with Gasteiger partial charge in [-0.1, -0.05) is 6.58 Å². The Morgan fingerprint density at radius 2 is 2.17 bits per heavy atom. The van der Waals surface area contributed by atoms with Crippen molar-refractivity contribution < 1.29 is 5.11 Å². The molecule has 0 fully saturated rings. The molecule has 0 aromatic carbocycles. The Bertz CT molecular complexity index is 58.6. The molecule has 0 saturated carbocycles. The number of hydrogen-bond donors (Lipinski definition) is 2. The van der Waals surface area contributed by atoms with Crippen LogP contribution in [0.5, 0.6) is 0 Å². The van der Waals surface area contributed by atoms with E-state index in [1.807, 2.05) is 0 Å². The van der Waals surface area contributed by atoms with E-state index in [1.54, 1.807) is 6.92 Å². The Morgan fingerprint density at radius 1 is 2.00 bits per heavy atom. The predicted molar refractivity (Wildman–Crippen MR) is 29.8 cm³/mol. The maximum atomic E-state index is 8.39. The molecule has 1 unspecified atom stereocenters. The Balaban J connectivity index is 3.26. The summed E-state index contributed by atoms with van der Waals surface area (Å²) in [6, 6.07) is 0. The van der Waals surface area contributed by atoms with Crippen molar-refractivity contribution in [1.29, 1.82) is 0 Å². The summed E-state index contributed by atoms with van der Waals surface area (Å²) in [5.41, 5.74) is 0.0309. The topological polar surface area (TPSA) is 20.2 Å². The van der Waals surface area contributed by atoms with Crippen LogP contribution in [0.15, 0.2) is 12.2 Å². The van der Waals surface area contributed by atoms with Gasteiger partial charge in [0.2, 0.25) is 0 Å². The standard InChI is InChI=1S/C4H8OS/c1-3(2)4(5)6/h4-6H,1H2,2H3. The van der Waals surface area contributed by atoms with E-state index in [4.69, 9.17) is 5.11 Å². The molecular formula is C4H8OS. The van der Waals surface area contributed by atoms with E-state index in [-0.39, 0.29) is 0 Å². The lowest BCUT2D eigenvalue weighted by Crippen LogP contribution is -1.93. The van der Waals surface area contributed by atoms with Crippen LogP contribution >= 0.6 is 12.6 Å². The van der Waals surface area contributed by atoms with Crippen molar-refractivity contribution in [3.63, 3.8) is 0 Å².